The van der Waals surface area contributed by atoms with Gasteiger partial charge in [0.1, 0.15) is 6.04 Å². The molecule has 0 aliphatic carbocycles. The summed E-state index contributed by atoms with van der Waals surface area (Å²) in [7, 11) is 0. The van der Waals surface area contributed by atoms with E-state index < -0.39 is 24.1 Å². The number of urea groups is 1. The fourth-order valence-corrected chi connectivity index (χ4v) is 2.43. The summed E-state index contributed by atoms with van der Waals surface area (Å²) in [5.41, 5.74) is 0. The van der Waals surface area contributed by atoms with Crippen LogP contribution in [0.4, 0.5) is 4.79 Å². The topological polar surface area (TPSA) is 89.9 Å². The highest BCUT2D eigenvalue weighted by Gasteiger charge is 2.38. The minimum Gasteiger partial charge on any atom is -0.480 e. The molecule has 1 aliphatic heterocycles. The van der Waals surface area contributed by atoms with Crippen LogP contribution in [0.3, 0.4) is 0 Å². The maximum Gasteiger partial charge on any atom is 0.326 e. The van der Waals surface area contributed by atoms with Gasteiger partial charge in [0.15, 0.2) is 0 Å². The second-order valence-electron chi connectivity index (χ2n) is 4.33. The normalized spacial score (nSPS) is 23.1. The summed E-state index contributed by atoms with van der Waals surface area (Å²) in [5.74, 6) is -0.0140. The highest BCUT2D eigenvalue weighted by atomic mass is 32.2. The summed E-state index contributed by atoms with van der Waals surface area (Å²) in [5, 5.41) is 21.1. The minimum atomic E-state index is -1.07. The summed E-state index contributed by atoms with van der Waals surface area (Å²) in [6, 6.07) is -1.31. The number of amides is 2. The predicted molar refractivity (Wildman–Crippen MR) is 69.8 cm³/mol. The number of aliphatic carboxylic acids is 1. The van der Waals surface area contributed by atoms with Crippen LogP contribution in [-0.2, 0) is 4.79 Å². The number of β-amino-alcohol motifs (C(OH)–C–C–N with tert-alkyl or cyclic N) is 1. The number of likely N-dealkylation sites (tertiary alicyclic amines) is 1. The molecule has 0 aromatic carbocycles. The van der Waals surface area contributed by atoms with Crippen molar-refractivity contribution in [2.45, 2.75) is 31.4 Å². The number of nitrogens with zero attached hydrogens (tertiary/aromatic N) is 1. The van der Waals surface area contributed by atoms with Crippen LogP contribution >= 0.6 is 11.8 Å². The molecule has 6 nitrogen and oxygen atoms in total. The van der Waals surface area contributed by atoms with Crippen molar-refractivity contribution < 1.29 is 19.8 Å². The SMILES string of the molecule is CSCCCCNC(=O)N1C[C@H](O)C[C@H]1C(=O)O. The number of carboxylic acids is 1. The first-order valence-electron chi connectivity index (χ1n) is 6.00. The van der Waals surface area contributed by atoms with Gasteiger partial charge in [-0.1, -0.05) is 0 Å². The van der Waals surface area contributed by atoms with E-state index in [1.54, 1.807) is 11.8 Å². The van der Waals surface area contributed by atoms with Gasteiger partial charge in [0.2, 0.25) is 0 Å². The second-order valence-corrected chi connectivity index (χ2v) is 5.31. The van der Waals surface area contributed by atoms with Crippen molar-refractivity contribution >= 4 is 23.8 Å². The Bertz CT molecular complexity index is 301. The van der Waals surface area contributed by atoms with Crippen molar-refractivity contribution in [3.05, 3.63) is 0 Å². The Morgan fingerprint density at radius 2 is 2.17 bits per heavy atom. The Hall–Kier alpha value is -0.950. The molecule has 1 fully saturated rings. The largest absolute Gasteiger partial charge is 0.480 e. The summed E-state index contributed by atoms with van der Waals surface area (Å²) in [6.45, 7) is 0.631. The molecule has 0 saturated carbocycles. The lowest BCUT2D eigenvalue weighted by Gasteiger charge is -2.21. The van der Waals surface area contributed by atoms with Gasteiger partial charge in [-0.3, -0.25) is 0 Å². The van der Waals surface area contributed by atoms with Crippen LogP contribution in [0, 0.1) is 0 Å². The first-order valence-corrected chi connectivity index (χ1v) is 7.40. The number of carbonyl (C=O) groups is 2. The quantitative estimate of drug-likeness (QED) is 0.609. The minimum absolute atomic E-state index is 0.0909. The number of carboxylic acid groups (broad SMARTS) is 1. The van der Waals surface area contributed by atoms with E-state index in [1.807, 2.05) is 6.26 Å². The number of rotatable bonds is 6. The molecule has 2 atom stereocenters. The first kappa shape index (κ1) is 15.1. The second kappa shape index (κ2) is 7.48. The Morgan fingerprint density at radius 3 is 2.78 bits per heavy atom. The van der Waals surface area contributed by atoms with Gasteiger partial charge in [-0.05, 0) is 24.9 Å². The molecule has 104 valence electrons. The lowest BCUT2D eigenvalue weighted by molar-refractivity contribution is -0.141. The molecule has 1 heterocycles. The van der Waals surface area contributed by atoms with E-state index in [0.717, 1.165) is 18.6 Å². The molecular formula is C11H20N2O4S. The smallest absolute Gasteiger partial charge is 0.326 e. The highest BCUT2D eigenvalue weighted by molar-refractivity contribution is 7.98. The van der Waals surface area contributed by atoms with Gasteiger partial charge in [-0.15, -0.1) is 0 Å². The molecule has 0 spiro atoms. The summed E-state index contributed by atoms with van der Waals surface area (Å²) >= 11 is 1.76. The standard InChI is InChI=1S/C11H20N2O4S/c1-18-5-3-2-4-12-11(17)13-7-8(14)6-9(13)10(15)16/h8-9,14H,2-7H2,1H3,(H,12,17)(H,15,16)/t8-,9+/m1/s1. The average Bonchev–Trinajstić information content (AvgIpc) is 2.71. The van der Waals surface area contributed by atoms with Gasteiger partial charge in [-0.25, -0.2) is 9.59 Å². The van der Waals surface area contributed by atoms with Crippen LogP contribution in [0.15, 0.2) is 0 Å². The van der Waals surface area contributed by atoms with E-state index in [9.17, 15) is 14.7 Å². The number of nitrogens with one attached hydrogen (secondary N) is 1. The third-order valence-corrected chi connectivity index (χ3v) is 3.57. The molecule has 1 saturated heterocycles. The number of aliphatic hydroxyl groups excluding tert-OH is 1. The van der Waals surface area contributed by atoms with Gasteiger partial charge < -0.3 is 20.4 Å². The lowest BCUT2D eigenvalue weighted by Crippen LogP contribution is -2.46. The van der Waals surface area contributed by atoms with Crippen LogP contribution in [0.5, 0.6) is 0 Å². The molecule has 18 heavy (non-hydrogen) atoms. The Balaban J connectivity index is 2.33. The Kier molecular flexibility index (Phi) is 6.28. The number of aliphatic hydroxyl groups is 1. The molecule has 1 rings (SSSR count). The van der Waals surface area contributed by atoms with Gasteiger partial charge in [0.05, 0.1) is 6.10 Å². The van der Waals surface area contributed by atoms with Crippen molar-refractivity contribution in [3.8, 4) is 0 Å². The highest BCUT2D eigenvalue weighted by Crippen LogP contribution is 2.18. The Morgan fingerprint density at radius 1 is 1.44 bits per heavy atom. The van der Waals surface area contributed by atoms with Crippen molar-refractivity contribution in [1.82, 2.24) is 10.2 Å². The van der Waals surface area contributed by atoms with Gasteiger partial charge in [0.25, 0.3) is 0 Å². The molecule has 0 aromatic rings. The van der Waals surface area contributed by atoms with Gasteiger partial charge in [-0.2, -0.15) is 11.8 Å². The maximum atomic E-state index is 11.8. The zero-order chi connectivity index (χ0) is 13.5. The molecule has 7 heteroatoms. The van der Waals surface area contributed by atoms with Crippen LogP contribution < -0.4 is 5.32 Å². The predicted octanol–water partition coefficient (Wildman–Crippen LogP) is 0.359. The third-order valence-electron chi connectivity index (χ3n) is 2.88. The van der Waals surface area contributed by atoms with Gasteiger partial charge in [0, 0.05) is 19.5 Å². The maximum absolute atomic E-state index is 11.8. The molecule has 3 N–H and O–H groups in total. The molecular weight excluding hydrogens is 256 g/mol. The molecule has 0 unspecified atom stereocenters. The summed E-state index contributed by atoms with van der Waals surface area (Å²) < 4.78 is 0. The summed E-state index contributed by atoms with van der Waals surface area (Å²) in [4.78, 5) is 23.9. The first-order chi connectivity index (χ1) is 8.56. The number of carbonyl (C=O) groups excluding carboxylic acids is 1. The molecule has 0 aromatic heterocycles. The lowest BCUT2D eigenvalue weighted by atomic mass is 10.2. The van der Waals surface area contributed by atoms with Gasteiger partial charge >= 0.3 is 12.0 Å². The number of unbranched alkanes of at least 4 members (excludes halogenated alkanes) is 1. The average molecular weight is 276 g/mol. The van der Waals surface area contributed by atoms with E-state index in [0.29, 0.717) is 6.54 Å². The molecule has 2 amide bonds. The van der Waals surface area contributed by atoms with Crippen molar-refractivity contribution in [2.24, 2.45) is 0 Å². The fraction of sp³-hybridized carbons (Fsp3) is 0.818. The van der Waals surface area contributed by atoms with E-state index in [2.05, 4.69) is 5.32 Å². The van der Waals surface area contributed by atoms with E-state index in [4.69, 9.17) is 5.11 Å². The van der Waals surface area contributed by atoms with Crippen LogP contribution in [0.25, 0.3) is 0 Å². The van der Waals surface area contributed by atoms with Crippen LogP contribution in [-0.4, -0.2) is 64.4 Å². The number of hydrogen-bond donors (Lipinski definition) is 3. The zero-order valence-corrected chi connectivity index (χ0v) is 11.3. The monoisotopic (exact) mass is 276 g/mol. The molecule has 0 radical (unpaired) electrons. The van der Waals surface area contributed by atoms with E-state index in [-0.39, 0.29) is 13.0 Å². The Labute approximate surface area is 111 Å². The zero-order valence-electron chi connectivity index (χ0n) is 10.5. The number of hydrogen-bond acceptors (Lipinski definition) is 4. The fourth-order valence-electron chi connectivity index (χ4n) is 1.94. The number of thioether (sulfide) groups is 1. The van der Waals surface area contributed by atoms with Crippen LogP contribution in [0.2, 0.25) is 0 Å². The van der Waals surface area contributed by atoms with E-state index >= 15 is 0 Å². The van der Waals surface area contributed by atoms with E-state index in [1.165, 1.54) is 4.90 Å². The molecule has 0 bridgehead atoms. The van der Waals surface area contributed by atoms with Crippen molar-refractivity contribution in [2.75, 3.05) is 25.1 Å². The third kappa shape index (κ3) is 4.38. The van der Waals surface area contributed by atoms with Crippen molar-refractivity contribution in [1.29, 1.82) is 0 Å². The summed E-state index contributed by atoms with van der Waals surface area (Å²) in [6.07, 6.45) is 3.29. The molecule has 1 aliphatic rings. The van der Waals surface area contributed by atoms with Crippen LogP contribution in [0.1, 0.15) is 19.3 Å². The van der Waals surface area contributed by atoms with Crippen molar-refractivity contribution in [3.63, 3.8) is 0 Å².